The van der Waals surface area contributed by atoms with Crippen LogP contribution in [0.15, 0.2) is 76.5 Å². The number of carbonyl (C=O) groups is 1. The average Bonchev–Trinajstić information content (AvgIpc) is 2.90. The molecule has 0 radical (unpaired) electrons. The highest BCUT2D eigenvalue weighted by Gasteiger charge is 2.27. The van der Waals surface area contributed by atoms with Crippen LogP contribution in [0, 0.1) is 13.8 Å². The molecule has 0 saturated carbocycles. The number of hydrogen-bond acceptors (Lipinski definition) is 7. The molecular formula is C27H32N4O6S2. The van der Waals surface area contributed by atoms with Crippen LogP contribution in [0.2, 0.25) is 0 Å². The van der Waals surface area contributed by atoms with Gasteiger partial charge >= 0.3 is 0 Å². The second-order valence-corrected chi connectivity index (χ2v) is 13.1. The zero-order chi connectivity index (χ0) is 28.2. The summed E-state index contributed by atoms with van der Waals surface area (Å²) in [6.07, 6.45) is 0. The molecule has 1 fully saturated rings. The Kier molecular flexibility index (Phi) is 8.60. The molecule has 1 aliphatic rings. The maximum absolute atomic E-state index is 12.9. The van der Waals surface area contributed by atoms with Crippen LogP contribution < -0.4 is 14.8 Å². The highest BCUT2D eigenvalue weighted by molar-refractivity contribution is 7.92. The van der Waals surface area contributed by atoms with E-state index in [0.717, 1.165) is 5.56 Å². The average molecular weight is 573 g/mol. The van der Waals surface area contributed by atoms with Gasteiger partial charge in [0, 0.05) is 37.6 Å². The van der Waals surface area contributed by atoms with Crippen molar-refractivity contribution in [3.8, 4) is 5.75 Å². The molecule has 0 aliphatic carbocycles. The summed E-state index contributed by atoms with van der Waals surface area (Å²) in [5.74, 6) is -0.0742. The highest BCUT2D eigenvalue weighted by Crippen LogP contribution is 2.24. The Morgan fingerprint density at radius 2 is 1.41 bits per heavy atom. The lowest BCUT2D eigenvalue weighted by atomic mass is 10.2. The number of ether oxygens (including phenoxy) is 1. The third-order valence-electron chi connectivity index (χ3n) is 6.36. The largest absolute Gasteiger partial charge is 0.483 e. The highest BCUT2D eigenvalue weighted by atomic mass is 32.2. The standard InChI is InChI=1S/C27H32N4O6S2/c1-20-4-6-23(7-5-20)29-38(33,34)25-12-13-26(21(2)18-25)37-19-27(32)28-22-8-10-24(11-9-22)39(35,36)31-16-14-30(3)15-17-31/h4-13,18,29H,14-17,19H2,1-3H3,(H,28,32). The third-order valence-corrected chi connectivity index (χ3v) is 9.65. The van der Waals surface area contributed by atoms with Gasteiger partial charge in [0.15, 0.2) is 6.61 Å². The summed E-state index contributed by atoms with van der Waals surface area (Å²) in [5, 5.41) is 2.68. The van der Waals surface area contributed by atoms with Gasteiger partial charge in [0.1, 0.15) is 5.75 Å². The first kappa shape index (κ1) is 28.6. The molecule has 0 atom stereocenters. The van der Waals surface area contributed by atoms with Gasteiger partial charge in [-0.2, -0.15) is 4.31 Å². The van der Waals surface area contributed by atoms with Crippen LogP contribution in [0.3, 0.4) is 0 Å². The van der Waals surface area contributed by atoms with Crippen LogP contribution in [0.4, 0.5) is 11.4 Å². The van der Waals surface area contributed by atoms with Gasteiger partial charge in [-0.3, -0.25) is 9.52 Å². The summed E-state index contributed by atoms with van der Waals surface area (Å²) < 4.78 is 60.8. The number of carbonyl (C=O) groups excluding carboxylic acids is 1. The van der Waals surface area contributed by atoms with Crippen LogP contribution in [-0.4, -0.2) is 71.8 Å². The Balaban J connectivity index is 1.33. The molecule has 2 N–H and O–H groups in total. The fourth-order valence-electron chi connectivity index (χ4n) is 4.01. The van der Waals surface area contributed by atoms with Crippen molar-refractivity contribution in [2.45, 2.75) is 23.6 Å². The molecule has 0 unspecified atom stereocenters. The van der Waals surface area contributed by atoms with E-state index in [0.29, 0.717) is 48.9 Å². The minimum atomic E-state index is -3.79. The first-order valence-electron chi connectivity index (χ1n) is 12.4. The predicted molar refractivity (Wildman–Crippen MR) is 150 cm³/mol. The zero-order valence-electron chi connectivity index (χ0n) is 22.0. The second-order valence-electron chi connectivity index (χ2n) is 9.47. The van der Waals surface area contributed by atoms with E-state index in [9.17, 15) is 21.6 Å². The van der Waals surface area contributed by atoms with E-state index in [1.807, 2.05) is 26.1 Å². The number of nitrogens with one attached hydrogen (secondary N) is 2. The van der Waals surface area contributed by atoms with E-state index in [1.165, 1.54) is 46.8 Å². The summed E-state index contributed by atoms with van der Waals surface area (Å²) >= 11 is 0. The maximum Gasteiger partial charge on any atom is 0.262 e. The van der Waals surface area contributed by atoms with Gasteiger partial charge < -0.3 is 15.0 Å². The number of amides is 1. The van der Waals surface area contributed by atoms with Crippen LogP contribution in [-0.2, 0) is 24.8 Å². The summed E-state index contributed by atoms with van der Waals surface area (Å²) in [5.41, 5.74) is 2.46. The van der Waals surface area contributed by atoms with Gasteiger partial charge in [0.25, 0.3) is 15.9 Å². The molecule has 12 heteroatoms. The molecule has 1 heterocycles. The Labute approximate surface area is 229 Å². The topological polar surface area (TPSA) is 125 Å². The number of likely N-dealkylation sites (N-methyl/N-ethyl adjacent to an activating group) is 1. The Hall–Kier alpha value is -3.45. The van der Waals surface area contributed by atoms with Crippen LogP contribution >= 0.6 is 0 Å². The lowest BCUT2D eigenvalue weighted by molar-refractivity contribution is -0.118. The first-order valence-corrected chi connectivity index (χ1v) is 15.3. The number of anilines is 2. The number of sulfonamides is 2. The van der Waals surface area contributed by atoms with Gasteiger partial charge in [0.2, 0.25) is 10.0 Å². The van der Waals surface area contributed by atoms with Gasteiger partial charge in [-0.05, 0) is 81.1 Å². The molecular weight excluding hydrogens is 540 g/mol. The minimum absolute atomic E-state index is 0.0731. The van der Waals surface area contributed by atoms with E-state index in [-0.39, 0.29) is 16.4 Å². The van der Waals surface area contributed by atoms with Crippen molar-refractivity contribution in [1.82, 2.24) is 9.21 Å². The van der Waals surface area contributed by atoms with Crippen LogP contribution in [0.1, 0.15) is 11.1 Å². The Morgan fingerprint density at radius 1 is 0.821 bits per heavy atom. The smallest absolute Gasteiger partial charge is 0.262 e. The van der Waals surface area contributed by atoms with Crippen LogP contribution in [0.25, 0.3) is 0 Å². The van der Waals surface area contributed by atoms with E-state index < -0.39 is 26.0 Å². The summed E-state index contributed by atoms with van der Waals surface area (Å²) in [6.45, 7) is 5.52. The lowest BCUT2D eigenvalue weighted by Crippen LogP contribution is -2.46. The van der Waals surface area contributed by atoms with Crippen molar-refractivity contribution < 1.29 is 26.4 Å². The van der Waals surface area contributed by atoms with E-state index in [4.69, 9.17) is 4.74 Å². The molecule has 0 bridgehead atoms. The molecule has 3 aromatic carbocycles. The summed E-state index contributed by atoms with van der Waals surface area (Å²) in [7, 11) is -5.43. The van der Waals surface area contributed by atoms with Crippen molar-refractivity contribution >= 4 is 37.3 Å². The van der Waals surface area contributed by atoms with Gasteiger partial charge in [0.05, 0.1) is 9.79 Å². The third kappa shape index (κ3) is 7.15. The van der Waals surface area contributed by atoms with Crippen molar-refractivity contribution in [2.24, 2.45) is 0 Å². The number of nitrogens with zero attached hydrogens (tertiary/aromatic N) is 2. The Morgan fingerprint density at radius 3 is 2.03 bits per heavy atom. The predicted octanol–water partition coefficient (Wildman–Crippen LogP) is 3.06. The molecule has 0 aromatic heterocycles. The fraction of sp³-hybridized carbons (Fsp3) is 0.296. The van der Waals surface area contributed by atoms with E-state index in [2.05, 4.69) is 14.9 Å². The number of rotatable bonds is 9. The van der Waals surface area contributed by atoms with E-state index >= 15 is 0 Å². The van der Waals surface area contributed by atoms with Crippen molar-refractivity contribution in [2.75, 3.05) is 49.9 Å². The van der Waals surface area contributed by atoms with Crippen molar-refractivity contribution in [3.05, 3.63) is 77.9 Å². The lowest BCUT2D eigenvalue weighted by Gasteiger charge is -2.31. The van der Waals surface area contributed by atoms with E-state index in [1.54, 1.807) is 19.1 Å². The maximum atomic E-state index is 12.9. The molecule has 4 rings (SSSR count). The van der Waals surface area contributed by atoms with Crippen molar-refractivity contribution in [1.29, 1.82) is 0 Å². The molecule has 1 saturated heterocycles. The zero-order valence-corrected chi connectivity index (χ0v) is 23.7. The monoisotopic (exact) mass is 572 g/mol. The molecule has 1 amide bonds. The summed E-state index contributed by atoms with van der Waals surface area (Å²) in [4.78, 5) is 14.8. The molecule has 3 aromatic rings. The number of piperazine rings is 1. The quantitative estimate of drug-likeness (QED) is 0.404. The number of benzene rings is 3. The molecule has 10 nitrogen and oxygen atoms in total. The fourth-order valence-corrected chi connectivity index (χ4v) is 6.58. The number of aryl methyl sites for hydroxylation is 2. The molecule has 39 heavy (non-hydrogen) atoms. The molecule has 0 spiro atoms. The van der Waals surface area contributed by atoms with Gasteiger partial charge in [-0.1, -0.05) is 17.7 Å². The SMILES string of the molecule is Cc1ccc(NS(=O)(=O)c2ccc(OCC(=O)Nc3ccc(S(=O)(=O)N4CCN(C)CC4)cc3)c(C)c2)cc1. The Bertz CT molecular complexity index is 1530. The molecule has 208 valence electrons. The minimum Gasteiger partial charge on any atom is -0.483 e. The van der Waals surface area contributed by atoms with Gasteiger partial charge in [-0.15, -0.1) is 0 Å². The number of hydrogen-bond donors (Lipinski definition) is 2. The van der Waals surface area contributed by atoms with Gasteiger partial charge in [-0.25, -0.2) is 16.8 Å². The first-order chi connectivity index (χ1) is 18.4. The second kappa shape index (κ2) is 11.7. The van der Waals surface area contributed by atoms with Crippen molar-refractivity contribution in [3.63, 3.8) is 0 Å². The normalized spacial score (nSPS) is 15.1. The summed E-state index contributed by atoms with van der Waals surface area (Å²) in [6, 6.07) is 17.4. The van der Waals surface area contributed by atoms with Crippen LogP contribution in [0.5, 0.6) is 5.75 Å². The molecule has 1 aliphatic heterocycles.